The zero-order valence-corrected chi connectivity index (χ0v) is 11.3. The van der Waals surface area contributed by atoms with Crippen molar-refractivity contribution in [1.29, 1.82) is 0 Å². The summed E-state index contributed by atoms with van der Waals surface area (Å²) in [6, 6.07) is 5.68. The van der Waals surface area contributed by atoms with Crippen molar-refractivity contribution in [2.45, 2.75) is 6.92 Å². The quantitative estimate of drug-likeness (QED) is 0.725. The summed E-state index contributed by atoms with van der Waals surface area (Å²) in [5.41, 5.74) is 2.55. The zero-order chi connectivity index (χ0) is 13.4. The molecule has 3 heterocycles. The maximum atomic E-state index is 5.30. The highest BCUT2D eigenvalue weighted by molar-refractivity contribution is 7.71. The van der Waals surface area contributed by atoms with E-state index in [1.807, 2.05) is 42.9 Å². The first-order chi connectivity index (χ1) is 9.16. The zero-order valence-electron chi connectivity index (χ0n) is 10.5. The van der Waals surface area contributed by atoms with Gasteiger partial charge in [-0.25, -0.2) is 0 Å². The molecule has 19 heavy (non-hydrogen) atoms. The van der Waals surface area contributed by atoms with Gasteiger partial charge >= 0.3 is 0 Å². The van der Waals surface area contributed by atoms with Gasteiger partial charge in [0.05, 0.1) is 11.4 Å². The number of nitrogens with zero attached hydrogens (tertiary/aromatic N) is 5. The Morgan fingerprint density at radius 1 is 1.32 bits per heavy atom. The molecule has 3 rings (SSSR count). The molecule has 0 atom stereocenters. The minimum atomic E-state index is 0.525. The fourth-order valence-corrected chi connectivity index (χ4v) is 2.22. The number of aryl methyl sites for hydroxylation is 2. The van der Waals surface area contributed by atoms with E-state index < -0.39 is 0 Å². The van der Waals surface area contributed by atoms with E-state index in [2.05, 4.69) is 20.3 Å². The number of pyridine rings is 1. The van der Waals surface area contributed by atoms with Crippen molar-refractivity contribution in [3.8, 4) is 17.2 Å². The van der Waals surface area contributed by atoms with E-state index in [9.17, 15) is 0 Å². The predicted octanol–water partition coefficient (Wildman–Crippen LogP) is 2.03. The van der Waals surface area contributed by atoms with Crippen LogP contribution in [0.4, 0.5) is 0 Å². The van der Waals surface area contributed by atoms with Crippen LogP contribution >= 0.6 is 12.2 Å². The molecule has 0 saturated heterocycles. The van der Waals surface area contributed by atoms with Gasteiger partial charge in [0.15, 0.2) is 10.6 Å². The molecule has 3 aromatic heterocycles. The Balaban J connectivity index is 2.26. The van der Waals surface area contributed by atoms with Gasteiger partial charge in [-0.2, -0.15) is 10.2 Å². The van der Waals surface area contributed by atoms with Crippen LogP contribution in [0.1, 0.15) is 5.69 Å². The van der Waals surface area contributed by atoms with E-state index in [4.69, 9.17) is 12.2 Å². The van der Waals surface area contributed by atoms with Gasteiger partial charge in [0, 0.05) is 19.4 Å². The monoisotopic (exact) mass is 272 g/mol. The van der Waals surface area contributed by atoms with E-state index in [0.717, 1.165) is 17.1 Å². The highest BCUT2D eigenvalue weighted by Gasteiger charge is 2.15. The first-order valence-corrected chi connectivity index (χ1v) is 6.17. The van der Waals surface area contributed by atoms with Crippen molar-refractivity contribution >= 4 is 12.2 Å². The fourth-order valence-electron chi connectivity index (χ4n) is 1.99. The normalized spacial score (nSPS) is 10.8. The minimum Gasteiger partial charge on any atom is -0.273 e. The van der Waals surface area contributed by atoms with Crippen LogP contribution in [-0.4, -0.2) is 29.5 Å². The summed E-state index contributed by atoms with van der Waals surface area (Å²) in [5, 5.41) is 11.4. The topological polar surface area (TPSA) is 64.3 Å². The van der Waals surface area contributed by atoms with Gasteiger partial charge < -0.3 is 0 Å². The Labute approximate surface area is 114 Å². The maximum absolute atomic E-state index is 5.30. The molecule has 6 nitrogen and oxygen atoms in total. The van der Waals surface area contributed by atoms with E-state index in [0.29, 0.717) is 10.6 Å². The number of nitrogens with one attached hydrogen (secondary N) is 1. The van der Waals surface area contributed by atoms with Crippen molar-refractivity contribution in [2.24, 2.45) is 7.05 Å². The summed E-state index contributed by atoms with van der Waals surface area (Å²) in [7, 11) is 1.88. The van der Waals surface area contributed by atoms with Crippen molar-refractivity contribution < 1.29 is 0 Å². The van der Waals surface area contributed by atoms with Crippen LogP contribution in [0.15, 0.2) is 30.6 Å². The third-order valence-corrected chi connectivity index (χ3v) is 3.07. The summed E-state index contributed by atoms with van der Waals surface area (Å²) in [6.45, 7) is 1.94. The summed E-state index contributed by atoms with van der Waals surface area (Å²) in [4.78, 5) is 4.31. The summed E-state index contributed by atoms with van der Waals surface area (Å²) < 4.78 is 4.12. The Hall–Kier alpha value is -2.28. The molecule has 0 spiro atoms. The van der Waals surface area contributed by atoms with Crippen LogP contribution in [0, 0.1) is 11.7 Å². The highest BCUT2D eigenvalue weighted by atomic mass is 32.1. The van der Waals surface area contributed by atoms with Gasteiger partial charge in [0.2, 0.25) is 0 Å². The third kappa shape index (κ3) is 1.97. The van der Waals surface area contributed by atoms with Crippen LogP contribution in [0.3, 0.4) is 0 Å². The number of aromatic amines is 1. The second-order valence-corrected chi connectivity index (χ2v) is 4.56. The molecule has 0 aliphatic carbocycles. The number of hydrogen-bond donors (Lipinski definition) is 1. The number of H-pyrrole nitrogens is 1. The predicted molar refractivity (Wildman–Crippen MR) is 73.5 cm³/mol. The highest BCUT2D eigenvalue weighted by Crippen LogP contribution is 2.21. The lowest BCUT2D eigenvalue weighted by atomic mass is 10.3. The molecule has 0 fully saturated rings. The first kappa shape index (κ1) is 11.8. The largest absolute Gasteiger partial charge is 0.273 e. The first-order valence-electron chi connectivity index (χ1n) is 5.76. The molecule has 96 valence electrons. The molecule has 7 heteroatoms. The van der Waals surface area contributed by atoms with Crippen LogP contribution < -0.4 is 0 Å². The molecule has 0 aliphatic rings. The van der Waals surface area contributed by atoms with Gasteiger partial charge in [0.1, 0.15) is 5.69 Å². The molecule has 1 N–H and O–H groups in total. The summed E-state index contributed by atoms with van der Waals surface area (Å²) in [6.07, 6.45) is 3.64. The van der Waals surface area contributed by atoms with Gasteiger partial charge in [0.25, 0.3) is 0 Å². The molecule has 0 amide bonds. The summed E-state index contributed by atoms with van der Waals surface area (Å²) in [5.74, 6) is 0.682. The van der Waals surface area contributed by atoms with Crippen LogP contribution in [0.25, 0.3) is 17.2 Å². The molecule has 0 aromatic carbocycles. The Bertz CT molecular complexity index is 767. The van der Waals surface area contributed by atoms with Crippen molar-refractivity contribution in [1.82, 2.24) is 29.5 Å². The van der Waals surface area contributed by atoms with Gasteiger partial charge in [-0.3, -0.25) is 19.3 Å². The smallest absolute Gasteiger partial charge is 0.200 e. The van der Waals surface area contributed by atoms with E-state index in [1.54, 1.807) is 10.9 Å². The number of rotatable bonds is 2. The molecule has 0 bridgehead atoms. The third-order valence-electron chi connectivity index (χ3n) is 2.79. The SMILES string of the molecule is Cc1nn(C)cc1-n1c(-c2ccccn2)n[nH]c1=S. The number of aromatic nitrogens is 6. The van der Waals surface area contributed by atoms with E-state index >= 15 is 0 Å². The van der Waals surface area contributed by atoms with Gasteiger partial charge in [-0.15, -0.1) is 0 Å². The molecule has 0 unspecified atom stereocenters. The minimum absolute atomic E-state index is 0.525. The van der Waals surface area contributed by atoms with E-state index in [-0.39, 0.29) is 0 Å². The van der Waals surface area contributed by atoms with Crippen LogP contribution in [0.2, 0.25) is 0 Å². The van der Waals surface area contributed by atoms with Crippen molar-refractivity contribution in [3.05, 3.63) is 41.1 Å². The van der Waals surface area contributed by atoms with Crippen LogP contribution in [0.5, 0.6) is 0 Å². The van der Waals surface area contributed by atoms with Crippen molar-refractivity contribution in [2.75, 3.05) is 0 Å². The maximum Gasteiger partial charge on any atom is 0.200 e. The van der Waals surface area contributed by atoms with Gasteiger partial charge in [-0.1, -0.05) is 6.07 Å². The molecular formula is C12H12N6S. The average molecular weight is 272 g/mol. The van der Waals surface area contributed by atoms with Crippen LogP contribution in [-0.2, 0) is 7.05 Å². The Morgan fingerprint density at radius 3 is 2.79 bits per heavy atom. The molecule has 0 radical (unpaired) electrons. The molecular weight excluding hydrogens is 260 g/mol. The van der Waals surface area contributed by atoms with Crippen molar-refractivity contribution in [3.63, 3.8) is 0 Å². The van der Waals surface area contributed by atoms with Gasteiger partial charge in [-0.05, 0) is 31.3 Å². The lowest BCUT2D eigenvalue weighted by molar-refractivity contribution is 0.756. The Kier molecular flexibility index (Phi) is 2.75. The lowest BCUT2D eigenvalue weighted by Crippen LogP contribution is -1.99. The number of hydrogen-bond acceptors (Lipinski definition) is 4. The summed E-state index contributed by atoms with van der Waals surface area (Å²) >= 11 is 5.30. The molecule has 0 aliphatic heterocycles. The Morgan fingerprint density at radius 2 is 2.16 bits per heavy atom. The average Bonchev–Trinajstić information content (AvgIpc) is 2.93. The van der Waals surface area contributed by atoms with E-state index in [1.165, 1.54) is 0 Å². The molecule has 3 aromatic rings. The standard InChI is InChI=1S/C12H12N6S/c1-8-10(7-17(2)16-8)18-11(14-15-12(18)19)9-5-3-4-6-13-9/h3-7H,1-2H3,(H,15,19). The second kappa shape index (κ2) is 4.43. The molecule has 0 saturated carbocycles. The fraction of sp³-hybridized carbons (Fsp3) is 0.167. The lowest BCUT2D eigenvalue weighted by Gasteiger charge is -2.04. The second-order valence-electron chi connectivity index (χ2n) is 4.18.